The Morgan fingerprint density at radius 2 is 1.92 bits per heavy atom. The van der Waals surface area contributed by atoms with Crippen LogP contribution in [0.3, 0.4) is 0 Å². The van der Waals surface area contributed by atoms with E-state index >= 15 is 0 Å². The van der Waals surface area contributed by atoms with Crippen LogP contribution in [0.1, 0.15) is 18.1 Å². The first-order valence-electron chi connectivity index (χ1n) is 7.70. The zero-order valence-corrected chi connectivity index (χ0v) is 14.9. The van der Waals surface area contributed by atoms with Gasteiger partial charge in [0.05, 0.1) is 4.90 Å². The average Bonchev–Trinajstić information content (AvgIpc) is 2.57. The van der Waals surface area contributed by atoms with Gasteiger partial charge in [0.2, 0.25) is 15.9 Å². The highest BCUT2D eigenvalue weighted by molar-refractivity contribution is 7.89. The van der Waals surface area contributed by atoms with Crippen molar-refractivity contribution in [1.29, 1.82) is 0 Å². The quantitative estimate of drug-likeness (QED) is 0.812. The van der Waals surface area contributed by atoms with Gasteiger partial charge in [0, 0.05) is 39.0 Å². The maximum atomic E-state index is 13.3. The largest absolute Gasteiger partial charge is 0.337 e. The Kier molecular flexibility index (Phi) is 6.22. The number of sulfonamides is 1. The summed E-state index contributed by atoms with van der Waals surface area (Å²) >= 11 is 0. The van der Waals surface area contributed by atoms with Crippen LogP contribution in [0.15, 0.2) is 47.6 Å². The first-order valence-corrected chi connectivity index (χ1v) is 9.18. The van der Waals surface area contributed by atoms with Crippen LogP contribution in [0, 0.1) is 12.7 Å². The van der Waals surface area contributed by atoms with E-state index in [9.17, 15) is 17.6 Å². The van der Waals surface area contributed by atoms with Crippen LogP contribution in [0.25, 0.3) is 0 Å². The van der Waals surface area contributed by atoms with E-state index in [4.69, 9.17) is 0 Å². The maximum absolute atomic E-state index is 13.3. The molecule has 0 aliphatic rings. The Morgan fingerprint density at radius 3 is 2.52 bits per heavy atom. The average molecular weight is 365 g/mol. The molecule has 25 heavy (non-hydrogen) atoms. The van der Waals surface area contributed by atoms with Crippen molar-refractivity contribution in [3.63, 3.8) is 0 Å². The Hall–Kier alpha value is -2.32. The summed E-state index contributed by atoms with van der Waals surface area (Å²) < 4.78 is 40.2. The van der Waals surface area contributed by atoms with E-state index in [-0.39, 0.29) is 29.5 Å². The highest BCUT2D eigenvalue weighted by Crippen LogP contribution is 2.14. The molecule has 0 aliphatic heterocycles. The third-order valence-electron chi connectivity index (χ3n) is 3.68. The van der Waals surface area contributed by atoms with Crippen molar-refractivity contribution < 1.29 is 17.6 Å². The number of pyridine rings is 1. The summed E-state index contributed by atoms with van der Waals surface area (Å²) in [5, 5.41) is 0. The minimum atomic E-state index is -3.76. The molecule has 1 N–H and O–H groups in total. The SMILES string of the molecule is CC(=O)N(CCNS(=O)(=O)c1ccc(F)c(C)c1)Cc1ccncc1. The first-order chi connectivity index (χ1) is 11.8. The molecule has 8 heteroatoms. The van der Waals surface area contributed by atoms with Crippen LogP contribution < -0.4 is 4.72 Å². The standard InChI is InChI=1S/C17H20FN3O3S/c1-13-11-16(3-4-17(13)18)25(23,24)20-9-10-21(14(2)22)12-15-5-7-19-8-6-15/h3-8,11,20H,9-10,12H2,1-2H3. The number of aromatic nitrogens is 1. The Balaban J connectivity index is 1.98. The van der Waals surface area contributed by atoms with Crippen molar-refractivity contribution in [2.75, 3.05) is 13.1 Å². The number of halogens is 1. The van der Waals surface area contributed by atoms with E-state index in [1.807, 2.05) is 0 Å². The molecule has 0 saturated heterocycles. The summed E-state index contributed by atoms with van der Waals surface area (Å²) in [6.45, 7) is 3.58. The number of carbonyl (C=O) groups excluding carboxylic acids is 1. The molecule has 2 aromatic rings. The molecule has 0 atom stereocenters. The van der Waals surface area contributed by atoms with Crippen LogP contribution in [0.5, 0.6) is 0 Å². The fourth-order valence-corrected chi connectivity index (χ4v) is 3.34. The number of benzene rings is 1. The number of amides is 1. The van der Waals surface area contributed by atoms with E-state index in [1.54, 1.807) is 24.5 Å². The lowest BCUT2D eigenvalue weighted by atomic mass is 10.2. The van der Waals surface area contributed by atoms with Crippen molar-refractivity contribution in [3.8, 4) is 0 Å². The molecule has 2 rings (SSSR count). The molecule has 134 valence electrons. The van der Waals surface area contributed by atoms with Gasteiger partial charge in [-0.3, -0.25) is 9.78 Å². The number of rotatable bonds is 7. The van der Waals surface area contributed by atoms with Crippen LogP contribution in [0.4, 0.5) is 4.39 Å². The van der Waals surface area contributed by atoms with E-state index in [0.29, 0.717) is 6.54 Å². The number of nitrogens with one attached hydrogen (secondary N) is 1. The molecule has 6 nitrogen and oxygen atoms in total. The van der Waals surface area contributed by atoms with E-state index in [2.05, 4.69) is 9.71 Å². The second-order valence-corrected chi connectivity index (χ2v) is 7.37. The smallest absolute Gasteiger partial charge is 0.240 e. The second-order valence-electron chi connectivity index (χ2n) is 5.60. The first kappa shape index (κ1) is 19.0. The predicted molar refractivity (Wildman–Crippen MR) is 91.7 cm³/mol. The number of nitrogens with zero attached hydrogens (tertiary/aromatic N) is 2. The number of carbonyl (C=O) groups is 1. The van der Waals surface area contributed by atoms with E-state index in [0.717, 1.165) is 11.6 Å². The monoisotopic (exact) mass is 365 g/mol. The Labute approximate surface area is 146 Å². The third-order valence-corrected chi connectivity index (χ3v) is 5.14. The summed E-state index contributed by atoms with van der Waals surface area (Å²) in [5.74, 6) is -0.618. The zero-order valence-electron chi connectivity index (χ0n) is 14.1. The van der Waals surface area contributed by atoms with Crippen LogP contribution in [-0.4, -0.2) is 37.3 Å². The van der Waals surface area contributed by atoms with Gasteiger partial charge in [-0.25, -0.2) is 17.5 Å². The normalized spacial score (nSPS) is 11.3. The van der Waals surface area contributed by atoms with Gasteiger partial charge in [-0.1, -0.05) is 0 Å². The molecule has 0 bridgehead atoms. The van der Waals surface area contributed by atoms with Gasteiger partial charge in [-0.15, -0.1) is 0 Å². The maximum Gasteiger partial charge on any atom is 0.240 e. The molecule has 0 unspecified atom stereocenters. The lowest BCUT2D eigenvalue weighted by molar-refractivity contribution is -0.129. The summed E-state index contributed by atoms with van der Waals surface area (Å²) in [4.78, 5) is 17.2. The molecule has 0 fully saturated rings. The van der Waals surface area contributed by atoms with Crippen LogP contribution in [-0.2, 0) is 21.4 Å². The van der Waals surface area contributed by atoms with Gasteiger partial charge >= 0.3 is 0 Å². The van der Waals surface area contributed by atoms with Gasteiger partial charge in [0.15, 0.2) is 0 Å². The van der Waals surface area contributed by atoms with Crippen molar-refractivity contribution in [1.82, 2.24) is 14.6 Å². The van der Waals surface area contributed by atoms with Crippen LogP contribution in [0.2, 0.25) is 0 Å². The highest BCUT2D eigenvalue weighted by Gasteiger charge is 2.16. The van der Waals surface area contributed by atoms with Crippen molar-refractivity contribution in [2.24, 2.45) is 0 Å². The summed E-state index contributed by atoms with van der Waals surface area (Å²) in [6.07, 6.45) is 3.26. The fraction of sp³-hybridized carbons (Fsp3) is 0.294. The molecule has 1 aromatic heterocycles. The highest BCUT2D eigenvalue weighted by atomic mass is 32.2. The predicted octanol–water partition coefficient (Wildman–Crippen LogP) is 1.86. The molecule has 1 aromatic carbocycles. The van der Waals surface area contributed by atoms with Gasteiger partial charge < -0.3 is 4.90 Å². The molecular formula is C17H20FN3O3S. The molecule has 0 aliphatic carbocycles. The minimum Gasteiger partial charge on any atom is -0.337 e. The molecule has 1 amide bonds. The molecule has 1 heterocycles. The topological polar surface area (TPSA) is 79.4 Å². The van der Waals surface area contributed by atoms with E-state index < -0.39 is 15.8 Å². The molecule has 0 saturated carbocycles. The zero-order chi connectivity index (χ0) is 18.4. The lowest BCUT2D eigenvalue weighted by Gasteiger charge is -2.21. The number of aryl methyl sites for hydroxylation is 1. The number of hydrogen-bond donors (Lipinski definition) is 1. The van der Waals surface area contributed by atoms with Gasteiger partial charge in [0.1, 0.15) is 5.82 Å². The Bertz CT molecular complexity index is 841. The summed E-state index contributed by atoms with van der Waals surface area (Å²) in [6, 6.07) is 7.19. The van der Waals surface area contributed by atoms with Crippen molar-refractivity contribution >= 4 is 15.9 Å². The van der Waals surface area contributed by atoms with Gasteiger partial charge in [0.25, 0.3) is 0 Å². The third kappa shape index (κ3) is 5.33. The van der Waals surface area contributed by atoms with Gasteiger partial charge in [-0.05, 0) is 48.4 Å². The second kappa shape index (κ2) is 8.17. The summed E-state index contributed by atoms with van der Waals surface area (Å²) in [5.41, 5.74) is 1.16. The van der Waals surface area contributed by atoms with Crippen LogP contribution >= 0.6 is 0 Å². The lowest BCUT2D eigenvalue weighted by Crippen LogP contribution is -2.37. The van der Waals surface area contributed by atoms with E-state index in [1.165, 1.54) is 30.9 Å². The fourth-order valence-electron chi connectivity index (χ4n) is 2.24. The minimum absolute atomic E-state index is 0.00471. The van der Waals surface area contributed by atoms with Crippen molar-refractivity contribution in [3.05, 3.63) is 59.7 Å². The van der Waals surface area contributed by atoms with Gasteiger partial charge in [-0.2, -0.15) is 0 Å². The van der Waals surface area contributed by atoms with Crippen molar-refractivity contribution in [2.45, 2.75) is 25.3 Å². The number of hydrogen-bond acceptors (Lipinski definition) is 4. The molecule has 0 spiro atoms. The molecule has 0 radical (unpaired) electrons. The Morgan fingerprint density at radius 1 is 1.24 bits per heavy atom. The summed E-state index contributed by atoms with van der Waals surface area (Å²) in [7, 11) is -3.76. The molecular weight excluding hydrogens is 345 g/mol.